The molecule has 1 amide bonds. The van der Waals surface area contributed by atoms with Crippen LogP contribution in [0.15, 0.2) is 0 Å². The van der Waals surface area contributed by atoms with Gasteiger partial charge < -0.3 is 20.3 Å². The molecule has 2 unspecified atom stereocenters. The first kappa shape index (κ1) is 56.9. The van der Waals surface area contributed by atoms with E-state index in [1.54, 1.807) is 0 Å². The van der Waals surface area contributed by atoms with Crippen LogP contribution in [0.25, 0.3) is 0 Å². The van der Waals surface area contributed by atoms with Gasteiger partial charge in [0.1, 0.15) is 0 Å². The molecule has 3 N–H and O–H groups in total. The third-order valence-electron chi connectivity index (χ3n) is 12.4. The van der Waals surface area contributed by atoms with Crippen LogP contribution in [-0.4, -0.2) is 47.4 Å². The van der Waals surface area contributed by atoms with Crippen LogP contribution < -0.4 is 5.32 Å². The molecule has 0 aromatic heterocycles. The lowest BCUT2D eigenvalue weighted by Gasteiger charge is -2.22. The Morgan fingerprint density at radius 3 is 1.05 bits per heavy atom. The van der Waals surface area contributed by atoms with Crippen molar-refractivity contribution >= 4 is 11.9 Å². The molecule has 0 radical (unpaired) electrons. The van der Waals surface area contributed by atoms with E-state index in [-0.39, 0.29) is 18.5 Å². The van der Waals surface area contributed by atoms with E-state index in [1.165, 1.54) is 205 Å². The molecular weight excluding hydrogens is 719 g/mol. The minimum atomic E-state index is -0.671. The van der Waals surface area contributed by atoms with Gasteiger partial charge in [-0.05, 0) is 25.7 Å². The molecule has 58 heavy (non-hydrogen) atoms. The smallest absolute Gasteiger partial charge is 0.305 e. The summed E-state index contributed by atoms with van der Waals surface area (Å²) in [5.41, 5.74) is 0. The fraction of sp³-hybridized carbons (Fsp3) is 0.962. The number of carbonyl (C=O) groups is 2. The van der Waals surface area contributed by atoms with Gasteiger partial charge in [-0.3, -0.25) is 9.59 Å². The van der Waals surface area contributed by atoms with Gasteiger partial charge in [0, 0.05) is 12.8 Å². The number of unbranched alkanes of at least 4 members (excludes halogenated alkanes) is 38. The quantitative estimate of drug-likeness (QED) is 0.0420. The fourth-order valence-corrected chi connectivity index (χ4v) is 8.35. The summed E-state index contributed by atoms with van der Waals surface area (Å²) in [6.45, 7) is 4.93. The number of esters is 1. The zero-order valence-electron chi connectivity index (χ0n) is 39.3. The van der Waals surface area contributed by atoms with Crippen molar-refractivity contribution in [2.24, 2.45) is 0 Å². The summed E-state index contributed by atoms with van der Waals surface area (Å²) < 4.78 is 5.47. The maximum Gasteiger partial charge on any atom is 0.305 e. The number of rotatable bonds is 49. The second kappa shape index (κ2) is 48.5. The molecule has 0 spiro atoms. The van der Waals surface area contributed by atoms with Crippen molar-refractivity contribution < 1.29 is 24.5 Å². The van der Waals surface area contributed by atoms with E-state index in [9.17, 15) is 19.8 Å². The van der Waals surface area contributed by atoms with Gasteiger partial charge in [0.25, 0.3) is 0 Å². The van der Waals surface area contributed by atoms with Gasteiger partial charge >= 0.3 is 5.97 Å². The largest absolute Gasteiger partial charge is 0.466 e. The molecule has 0 bridgehead atoms. The molecule has 346 valence electrons. The predicted octanol–water partition coefficient (Wildman–Crippen LogP) is 15.6. The minimum Gasteiger partial charge on any atom is -0.466 e. The molecule has 2 atom stereocenters. The first-order valence-corrected chi connectivity index (χ1v) is 26.3. The zero-order chi connectivity index (χ0) is 42.3. The van der Waals surface area contributed by atoms with Gasteiger partial charge in [-0.25, -0.2) is 0 Å². The summed E-state index contributed by atoms with van der Waals surface area (Å²) in [6, 6.07) is -0.550. The average Bonchev–Trinajstić information content (AvgIpc) is 3.22. The highest BCUT2D eigenvalue weighted by atomic mass is 16.5. The molecule has 0 aliphatic heterocycles. The topological polar surface area (TPSA) is 95.9 Å². The molecule has 0 aliphatic rings. The molecule has 0 aromatic rings. The van der Waals surface area contributed by atoms with Crippen molar-refractivity contribution in [3.63, 3.8) is 0 Å². The maximum atomic E-state index is 12.4. The Bertz CT molecular complexity index is 822. The summed E-state index contributed by atoms with van der Waals surface area (Å²) >= 11 is 0. The summed E-state index contributed by atoms with van der Waals surface area (Å²) in [7, 11) is 0. The highest BCUT2D eigenvalue weighted by Gasteiger charge is 2.20. The summed E-state index contributed by atoms with van der Waals surface area (Å²) in [4.78, 5) is 24.5. The van der Waals surface area contributed by atoms with E-state index >= 15 is 0 Å². The lowest BCUT2D eigenvalue weighted by Crippen LogP contribution is -2.45. The van der Waals surface area contributed by atoms with Crippen LogP contribution in [-0.2, 0) is 14.3 Å². The first-order valence-electron chi connectivity index (χ1n) is 26.3. The highest BCUT2D eigenvalue weighted by molar-refractivity contribution is 5.76. The Labute approximate surface area is 362 Å². The fourth-order valence-electron chi connectivity index (χ4n) is 8.35. The van der Waals surface area contributed by atoms with Crippen molar-refractivity contribution in [3.05, 3.63) is 0 Å². The summed E-state index contributed by atoms with van der Waals surface area (Å²) in [5, 5.41) is 23.2. The number of hydrogen-bond acceptors (Lipinski definition) is 5. The van der Waals surface area contributed by atoms with Crippen molar-refractivity contribution in [1.29, 1.82) is 0 Å². The van der Waals surface area contributed by atoms with Gasteiger partial charge in [0.15, 0.2) is 0 Å². The molecule has 6 nitrogen and oxygen atoms in total. The molecule has 0 aliphatic carbocycles. The molecule has 0 fully saturated rings. The third-order valence-corrected chi connectivity index (χ3v) is 12.4. The second-order valence-corrected chi connectivity index (χ2v) is 18.2. The molecule has 6 heteroatoms. The van der Waals surface area contributed by atoms with Crippen molar-refractivity contribution in [2.75, 3.05) is 13.2 Å². The summed E-state index contributed by atoms with van der Waals surface area (Å²) in [5.74, 6) is -0.0542. The van der Waals surface area contributed by atoms with E-state index in [2.05, 4.69) is 19.2 Å². The Balaban J connectivity index is 3.41. The van der Waals surface area contributed by atoms with Crippen molar-refractivity contribution in [1.82, 2.24) is 5.32 Å². The number of carbonyl (C=O) groups excluding carboxylic acids is 2. The van der Waals surface area contributed by atoms with Gasteiger partial charge in [-0.2, -0.15) is 0 Å². The highest BCUT2D eigenvalue weighted by Crippen LogP contribution is 2.17. The van der Waals surface area contributed by atoms with Crippen LogP contribution in [0.1, 0.15) is 296 Å². The Morgan fingerprint density at radius 1 is 0.414 bits per heavy atom. The number of aliphatic hydroxyl groups is 2. The standard InChI is InChI=1S/C52H103NO5/c1-3-5-7-9-11-13-15-17-18-19-20-21-26-30-34-38-42-46-52(57)58-47-43-39-35-31-27-23-22-25-29-33-37-41-45-51(56)53-49(48-54)50(55)44-40-36-32-28-24-16-14-12-10-8-6-4-2/h49-50,54-55H,3-48H2,1-2H3,(H,53,56). The van der Waals surface area contributed by atoms with Gasteiger partial charge in [0.2, 0.25) is 5.91 Å². The monoisotopic (exact) mass is 822 g/mol. The van der Waals surface area contributed by atoms with Crippen molar-refractivity contribution in [3.8, 4) is 0 Å². The van der Waals surface area contributed by atoms with Gasteiger partial charge in [0.05, 0.1) is 25.4 Å². The minimum absolute atomic E-state index is 0.00481. The molecular formula is C52H103NO5. The number of amides is 1. The summed E-state index contributed by atoms with van der Waals surface area (Å²) in [6.07, 6.45) is 53.6. The number of aliphatic hydroxyl groups excluding tert-OH is 2. The normalized spacial score (nSPS) is 12.6. The lowest BCUT2D eigenvalue weighted by molar-refractivity contribution is -0.143. The Hall–Kier alpha value is -1.14. The van der Waals surface area contributed by atoms with E-state index in [4.69, 9.17) is 4.74 Å². The van der Waals surface area contributed by atoms with Crippen LogP contribution in [0, 0.1) is 0 Å². The van der Waals surface area contributed by atoms with Gasteiger partial charge in [-0.1, -0.05) is 258 Å². The molecule has 0 saturated carbocycles. The van der Waals surface area contributed by atoms with Crippen molar-refractivity contribution in [2.45, 2.75) is 309 Å². The van der Waals surface area contributed by atoms with Crippen LogP contribution in [0.5, 0.6) is 0 Å². The third kappa shape index (κ3) is 44.4. The predicted molar refractivity (Wildman–Crippen MR) is 250 cm³/mol. The Kier molecular flexibility index (Phi) is 47.6. The number of ether oxygens (including phenoxy) is 1. The van der Waals surface area contributed by atoms with Crippen LogP contribution >= 0.6 is 0 Å². The lowest BCUT2D eigenvalue weighted by atomic mass is 10.0. The second-order valence-electron chi connectivity index (χ2n) is 18.2. The maximum absolute atomic E-state index is 12.4. The SMILES string of the molecule is CCCCCCCCCCCCCCCCCCCC(=O)OCCCCCCCCCCCCCCC(=O)NC(CO)C(O)CCCCCCCCCCCCCC. The Morgan fingerprint density at radius 2 is 0.707 bits per heavy atom. The molecule has 0 rings (SSSR count). The van der Waals surface area contributed by atoms with E-state index < -0.39 is 12.1 Å². The zero-order valence-corrected chi connectivity index (χ0v) is 39.3. The van der Waals surface area contributed by atoms with Crippen LogP contribution in [0.3, 0.4) is 0 Å². The van der Waals surface area contributed by atoms with E-state index in [0.29, 0.717) is 25.9 Å². The molecule has 0 aromatic carbocycles. The van der Waals surface area contributed by atoms with Gasteiger partial charge in [-0.15, -0.1) is 0 Å². The van der Waals surface area contributed by atoms with Crippen LogP contribution in [0.4, 0.5) is 0 Å². The molecule has 0 saturated heterocycles. The average molecular weight is 822 g/mol. The number of nitrogens with one attached hydrogen (secondary N) is 1. The van der Waals surface area contributed by atoms with E-state index in [0.717, 1.165) is 57.8 Å². The van der Waals surface area contributed by atoms with Crippen LogP contribution in [0.2, 0.25) is 0 Å². The van der Waals surface area contributed by atoms with E-state index in [1.807, 2.05) is 0 Å². The number of hydrogen-bond donors (Lipinski definition) is 3. The first-order chi connectivity index (χ1) is 28.5. The molecule has 0 heterocycles.